The quantitative estimate of drug-likeness (QED) is 0.451. The molecule has 0 fully saturated rings. The molecule has 9 heteroatoms. The Morgan fingerprint density at radius 3 is 2.89 bits per heavy atom. The number of fused-ring (bicyclic) bond motifs is 2. The minimum atomic E-state index is -0.715. The molecule has 1 aromatic carbocycles. The maximum Gasteiger partial charge on any atom is 0.173 e. The summed E-state index contributed by atoms with van der Waals surface area (Å²) in [5.74, 6) is 1.31. The number of nitrogens with one attached hydrogen (secondary N) is 2. The van der Waals surface area contributed by atoms with E-state index in [-0.39, 0.29) is 0 Å². The molecule has 4 aromatic rings. The summed E-state index contributed by atoms with van der Waals surface area (Å²) < 4.78 is 4.48. The molecule has 0 aliphatic heterocycles. The van der Waals surface area contributed by atoms with Crippen molar-refractivity contribution in [1.82, 2.24) is 24.1 Å². The zero-order valence-electron chi connectivity index (χ0n) is 15.2. The number of aromatic nitrogens is 5. The molecule has 0 unspecified atom stereocenters. The van der Waals surface area contributed by atoms with Gasteiger partial charge >= 0.3 is 0 Å². The van der Waals surface area contributed by atoms with Crippen LogP contribution in [0.3, 0.4) is 0 Å². The van der Waals surface area contributed by atoms with Crippen molar-refractivity contribution in [2.24, 2.45) is 7.05 Å². The van der Waals surface area contributed by atoms with Crippen LogP contribution in [0, 0.1) is 0 Å². The lowest BCUT2D eigenvalue weighted by Crippen LogP contribution is -2.14. The molecule has 1 atom stereocenters. The molecular weight excluding hydrogens is 410 g/mol. The summed E-state index contributed by atoms with van der Waals surface area (Å²) in [6.45, 7) is 2.28. The van der Waals surface area contributed by atoms with Crippen LogP contribution in [0.25, 0.3) is 16.7 Å². The highest BCUT2D eigenvalue weighted by Crippen LogP contribution is 2.32. The molecule has 0 bridgehead atoms. The van der Waals surface area contributed by atoms with Gasteiger partial charge in [0.1, 0.15) is 11.6 Å². The summed E-state index contributed by atoms with van der Waals surface area (Å²) in [5, 5.41) is 21.2. The number of aliphatic hydroxyl groups excluding tert-OH is 1. The maximum absolute atomic E-state index is 10.3. The lowest BCUT2D eigenvalue weighted by atomic mass is 10.1. The number of nitrogens with zero attached hydrogens (tertiary/aromatic N) is 5. The van der Waals surface area contributed by atoms with Gasteiger partial charge in [0.2, 0.25) is 0 Å². The van der Waals surface area contributed by atoms with Crippen molar-refractivity contribution in [1.29, 1.82) is 0 Å². The number of hydrogen-bond acceptors (Lipinski definition) is 6. The summed E-state index contributed by atoms with van der Waals surface area (Å²) in [7, 11) is 3.76. The van der Waals surface area contributed by atoms with Crippen molar-refractivity contribution in [2.75, 3.05) is 17.7 Å². The van der Waals surface area contributed by atoms with Gasteiger partial charge < -0.3 is 20.3 Å². The number of rotatable bonds is 5. The second-order valence-electron chi connectivity index (χ2n) is 6.41. The molecule has 0 aliphatic rings. The zero-order valence-corrected chi connectivity index (χ0v) is 16.8. The van der Waals surface area contributed by atoms with Crippen LogP contribution in [0.15, 0.2) is 35.2 Å². The van der Waals surface area contributed by atoms with Gasteiger partial charge in [-0.25, -0.2) is 9.97 Å². The van der Waals surface area contributed by atoms with Gasteiger partial charge in [0, 0.05) is 20.6 Å². The highest BCUT2D eigenvalue weighted by Gasteiger charge is 2.20. The van der Waals surface area contributed by atoms with Gasteiger partial charge in [-0.1, -0.05) is 6.07 Å². The van der Waals surface area contributed by atoms with E-state index in [4.69, 9.17) is 0 Å². The third-order valence-electron chi connectivity index (χ3n) is 4.54. The van der Waals surface area contributed by atoms with Crippen molar-refractivity contribution in [3.8, 4) is 0 Å². The highest BCUT2D eigenvalue weighted by atomic mass is 79.9. The summed E-state index contributed by atoms with van der Waals surface area (Å²) in [4.78, 5) is 8.98. The number of benzene rings is 1. The lowest BCUT2D eigenvalue weighted by Gasteiger charge is -2.19. The molecule has 27 heavy (non-hydrogen) atoms. The Morgan fingerprint density at radius 1 is 1.33 bits per heavy atom. The van der Waals surface area contributed by atoms with Crippen LogP contribution in [0.1, 0.15) is 24.2 Å². The molecule has 3 heterocycles. The fourth-order valence-corrected chi connectivity index (χ4v) is 3.56. The Bertz CT molecular complexity index is 1130. The number of halogens is 1. The number of hydrogen-bond donors (Lipinski definition) is 3. The predicted octanol–water partition coefficient (Wildman–Crippen LogP) is 3.09. The Balaban J connectivity index is 1.76. The van der Waals surface area contributed by atoms with Gasteiger partial charge in [-0.2, -0.15) is 9.61 Å². The summed E-state index contributed by atoms with van der Waals surface area (Å²) in [5.41, 5.74) is 4.46. The monoisotopic (exact) mass is 429 g/mol. The SMILES string of the molecule is CNc1nc2c(Br)cnn2c(NCc2ccc3c(c2)ncn3C)c1[C@@H](C)O. The first-order chi connectivity index (χ1) is 13.0. The van der Waals surface area contributed by atoms with Gasteiger partial charge in [-0.05, 0) is 40.5 Å². The number of anilines is 2. The van der Waals surface area contributed by atoms with E-state index in [0.717, 1.165) is 21.1 Å². The van der Waals surface area contributed by atoms with Crippen molar-refractivity contribution in [2.45, 2.75) is 19.6 Å². The minimum Gasteiger partial charge on any atom is -0.388 e. The van der Waals surface area contributed by atoms with E-state index >= 15 is 0 Å². The highest BCUT2D eigenvalue weighted by molar-refractivity contribution is 9.10. The largest absolute Gasteiger partial charge is 0.388 e. The standard InChI is InChI=1S/C18H20BrN7O/c1-10(27)15-16(20-2)24-17-12(19)8-23-26(17)18(15)21-7-11-4-5-14-13(6-11)22-9-25(14)3/h4-6,8-10,21,27H,7H2,1-3H3,(H,20,24)/t10-/m1/s1. The van der Waals surface area contributed by atoms with Gasteiger partial charge in [-0.15, -0.1) is 0 Å². The van der Waals surface area contributed by atoms with Gasteiger partial charge in [-0.3, -0.25) is 0 Å². The minimum absolute atomic E-state index is 0.561. The third-order valence-corrected chi connectivity index (χ3v) is 5.10. The van der Waals surface area contributed by atoms with E-state index in [1.54, 1.807) is 31.0 Å². The Kier molecular flexibility index (Phi) is 4.48. The maximum atomic E-state index is 10.3. The predicted molar refractivity (Wildman–Crippen MR) is 109 cm³/mol. The van der Waals surface area contributed by atoms with Crippen molar-refractivity contribution >= 4 is 44.2 Å². The lowest BCUT2D eigenvalue weighted by molar-refractivity contribution is 0.200. The van der Waals surface area contributed by atoms with E-state index in [1.165, 1.54) is 0 Å². The number of aliphatic hydroxyl groups is 1. The first kappa shape index (κ1) is 17.7. The first-order valence-electron chi connectivity index (χ1n) is 8.56. The van der Waals surface area contributed by atoms with Crippen LogP contribution in [-0.2, 0) is 13.6 Å². The van der Waals surface area contributed by atoms with E-state index < -0.39 is 6.10 Å². The molecule has 0 amide bonds. The van der Waals surface area contributed by atoms with Crippen LogP contribution in [0.4, 0.5) is 11.6 Å². The van der Waals surface area contributed by atoms with Gasteiger partial charge in [0.05, 0.1) is 39.7 Å². The summed E-state index contributed by atoms with van der Waals surface area (Å²) in [6, 6.07) is 6.18. The molecule has 0 saturated heterocycles. The molecule has 140 valence electrons. The van der Waals surface area contributed by atoms with E-state index in [9.17, 15) is 5.11 Å². The smallest absolute Gasteiger partial charge is 0.173 e. The normalized spacial score (nSPS) is 12.6. The molecule has 0 saturated carbocycles. The molecule has 3 aromatic heterocycles. The van der Waals surface area contributed by atoms with Crippen LogP contribution in [0.5, 0.6) is 0 Å². The Morgan fingerprint density at radius 2 is 2.15 bits per heavy atom. The summed E-state index contributed by atoms with van der Waals surface area (Å²) in [6.07, 6.45) is 2.78. The number of aryl methyl sites for hydroxylation is 1. The summed E-state index contributed by atoms with van der Waals surface area (Å²) >= 11 is 3.48. The van der Waals surface area contributed by atoms with Crippen molar-refractivity contribution < 1.29 is 5.11 Å². The second kappa shape index (κ2) is 6.82. The second-order valence-corrected chi connectivity index (χ2v) is 7.26. The van der Waals surface area contributed by atoms with E-state index in [1.807, 2.05) is 11.6 Å². The molecule has 0 aliphatic carbocycles. The van der Waals surface area contributed by atoms with Gasteiger partial charge in [0.25, 0.3) is 0 Å². The number of imidazole rings is 1. The average Bonchev–Trinajstić information content (AvgIpc) is 3.21. The van der Waals surface area contributed by atoms with Crippen LogP contribution in [-0.4, -0.2) is 36.3 Å². The topological polar surface area (TPSA) is 92.3 Å². The van der Waals surface area contributed by atoms with Crippen LogP contribution in [0.2, 0.25) is 0 Å². The van der Waals surface area contributed by atoms with E-state index in [2.05, 4.69) is 59.8 Å². The Labute approximate surface area is 164 Å². The van der Waals surface area contributed by atoms with Crippen LogP contribution < -0.4 is 10.6 Å². The zero-order chi connectivity index (χ0) is 19.1. The molecule has 4 rings (SSSR count). The van der Waals surface area contributed by atoms with Crippen molar-refractivity contribution in [3.05, 3.63) is 46.3 Å². The molecule has 0 spiro atoms. The fraction of sp³-hybridized carbons (Fsp3) is 0.278. The third kappa shape index (κ3) is 3.02. The first-order valence-corrected chi connectivity index (χ1v) is 9.35. The van der Waals surface area contributed by atoms with Crippen LogP contribution >= 0.6 is 15.9 Å². The molecular formula is C18H20BrN7O. The molecule has 3 N–H and O–H groups in total. The Hall–Kier alpha value is -2.65. The van der Waals surface area contributed by atoms with Gasteiger partial charge in [0.15, 0.2) is 5.65 Å². The van der Waals surface area contributed by atoms with E-state index in [0.29, 0.717) is 29.4 Å². The fourth-order valence-electron chi connectivity index (χ4n) is 3.21. The molecule has 0 radical (unpaired) electrons. The van der Waals surface area contributed by atoms with Crippen molar-refractivity contribution in [3.63, 3.8) is 0 Å². The molecule has 8 nitrogen and oxygen atoms in total. The average molecular weight is 430 g/mol.